The van der Waals surface area contributed by atoms with Crippen LogP contribution in [0.2, 0.25) is 0 Å². The predicted molar refractivity (Wildman–Crippen MR) is 110 cm³/mol. The zero-order valence-electron chi connectivity index (χ0n) is 14.3. The van der Waals surface area contributed by atoms with Gasteiger partial charge in [0.05, 0.1) is 10.6 Å². The molecule has 3 rings (SSSR count). The number of carbonyl (C=O) groups is 1. The Labute approximate surface area is 167 Å². The summed E-state index contributed by atoms with van der Waals surface area (Å²) in [7, 11) is 0. The highest BCUT2D eigenvalue weighted by Crippen LogP contribution is 2.29. The number of benzene rings is 2. The standard InChI is InChI=1S/C18H15BrN4O3S/c1-2-22(17(24)20-14-5-3-4-6-16(14)23(25)26)18-21-15(11-27-18)12-7-9-13(19)10-8-12/h3-11H,2H2,1H3,(H,20,24). The number of thiazole rings is 1. The minimum Gasteiger partial charge on any atom is -0.302 e. The van der Waals surface area contributed by atoms with Crippen molar-refractivity contribution in [2.75, 3.05) is 16.8 Å². The van der Waals surface area contributed by atoms with Gasteiger partial charge in [0.25, 0.3) is 5.69 Å². The van der Waals surface area contributed by atoms with Crippen LogP contribution in [0.25, 0.3) is 11.3 Å². The number of hydrogen-bond acceptors (Lipinski definition) is 5. The number of rotatable bonds is 5. The van der Waals surface area contributed by atoms with E-state index in [2.05, 4.69) is 26.2 Å². The Morgan fingerprint density at radius 2 is 1.96 bits per heavy atom. The minimum absolute atomic E-state index is 0.149. The van der Waals surface area contributed by atoms with E-state index in [0.29, 0.717) is 11.7 Å². The summed E-state index contributed by atoms with van der Waals surface area (Å²) >= 11 is 4.74. The Hall–Kier alpha value is -2.78. The lowest BCUT2D eigenvalue weighted by Gasteiger charge is -2.18. The van der Waals surface area contributed by atoms with E-state index in [9.17, 15) is 14.9 Å². The molecular weight excluding hydrogens is 432 g/mol. The largest absolute Gasteiger partial charge is 0.328 e. The molecule has 0 aliphatic heterocycles. The normalized spacial score (nSPS) is 10.4. The third-order valence-corrected chi connectivity index (χ3v) is 5.16. The van der Waals surface area contributed by atoms with Gasteiger partial charge in [0, 0.05) is 28.0 Å². The van der Waals surface area contributed by atoms with Crippen molar-refractivity contribution in [3.8, 4) is 11.3 Å². The number of hydrogen-bond donors (Lipinski definition) is 1. The third-order valence-electron chi connectivity index (χ3n) is 3.77. The Bertz CT molecular complexity index is 975. The molecular formula is C18H15BrN4O3S. The molecule has 0 aliphatic carbocycles. The second-order valence-corrected chi connectivity index (χ2v) is 7.22. The van der Waals surface area contributed by atoms with Crippen molar-refractivity contribution in [3.63, 3.8) is 0 Å². The number of anilines is 2. The molecule has 9 heteroatoms. The quantitative estimate of drug-likeness (QED) is 0.411. The molecule has 138 valence electrons. The van der Waals surface area contributed by atoms with Gasteiger partial charge in [-0.1, -0.05) is 40.2 Å². The van der Waals surface area contributed by atoms with Crippen molar-refractivity contribution >= 4 is 49.8 Å². The number of nitrogens with zero attached hydrogens (tertiary/aromatic N) is 3. The molecule has 0 spiro atoms. The van der Waals surface area contributed by atoms with Crippen LogP contribution in [0.5, 0.6) is 0 Å². The summed E-state index contributed by atoms with van der Waals surface area (Å²) in [6.07, 6.45) is 0. The first-order valence-corrected chi connectivity index (χ1v) is 9.70. The molecule has 2 aromatic carbocycles. The number of halogens is 1. The van der Waals surface area contributed by atoms with E-state index in [1.807, 2.05) is 36.6 Å². The average Bonchev–Trinajstić information content (AvgIpc) is 3.13. The highest BCUT2D eigenvalue weighted by molar-refractivity contribution is 9.10. The van der Waals surface area contributed by atoms with Gasteiger partial charge in [-0.2, -0.15) is 0 Å². The highest BCUT2D eigenvalue weighted by atomic mass is 79.9. The molecule has 0 saturated carbocycles. The zero-order chi connectivity index (χ0) is 19.4. The number of nitrogens with one attached hydrogen (secondary N) is 1. The molecule has 0 bridgehead atoms. The van der Waals surface area contributed by atoms with E-state index < -0.39 is 11.0 Å². The van der Waals surface area contributed by atoms with E-state index in [1.54, 1.807) is 12.1 Å². The molecule has 1 aromatic heterocycles. The molecule has 0 radical (unpaired) electrons. The van der Waals surface area contributed by atoms with Gasteiger partial charge in [0.2, 0.25) is 0 Å². The van der Waals surface area contributed by atoms with Gasteiger partial charge >= 0.3 is 6.03 Å². The number of amides is 2. The van der Waals surface area contributed by atoms with Gasteiger partial charge in [-0.15, -0.1) is 11.3 Å². The highest BCUT2D eigenvalue weighted by Gasteiger charge is 2.21. The summed E-state index contributed by atoms with van der Waals surface area (Å²) in [5, 5.41) is 16.1. The van der Waals surface area contributed by atoms with Gasteiger partial charge in [-0.3, -0.25) is 15.0 Å². The van der Waals surface area contributed by atoms with Crippen LogP contribution in [0.15, 0.2) is 58.4 Å². The van der Waals surface area contributed by atoms with E-state index in [0.717, 1.165) is 15.7 Å². The molecule has 0 saturated heterocycles. The monoisotopic (exact) mass is 446 g/mol. The molecule has 3 aromatic rings. The summed E-state index contributed by atoms with van der Waals surface area (Å²) in [5.74, 6) is 0. The van der Waals surface area contributed by atoms with Crippen molar-refractivity contribution in [2.24, 2.45) is 0 Å². The fourth-order valence-corrected chi connectivity index (χ4v) is 3.59. The molecule has 7 nitrogen and oxygen atoms in total. The second-order valence-electron chi connectivity index (χ2n) is 5.47. The summed E-state index contributed by atoms with van der Waals surface area (Å²) in [5.41, 5.74) is 1.70. The Balaban J connectivity index is 1.82. The summed E-state index contributed by atoms with van der Waals surface area (Å²) in [6, 6.07) is 13.3. The van der Waals surface area contributed by atoms with Crippen LogP contribution in [-0.2, 0) is 0 Å². The number of aromatic nitrogens is 1. The number of nitro benzene ring substituents is 1. The van der Waals surface area contributed by atoms with Gasteiger partial charge in [-0.25, -0.2) is 9.78 Å². The average molecular weight is 447 g/mol. The first kappa shape index (κ1) is 19.0. The lowest BCUT2D eigenvalue weighted by molar-refractivity contribution is -0.383. The molecule has 27 heavy (non-hydrogen) atoms. The van der Waals surface area contributed by atoms with Crippen molar-refractivity contribution in [3.05, 3.63) is 68.5 Å². The Morgan fingerprint density at radius 3 is 2.63 bits per heavy atom. The number of nitro groups is 1. The van der Waals surface area contributed by atoms with Crippen LogP contribution in [-0.4, -0.2) is 22.5 Å². The van der Waals surface area contributed by atoms with Crippen LogP contribution in [0, 0.1) is 10.1 Å². The lowest BCUT2D eigenvalue weighted by atomic mass is 10.2. The lowest BCUT2D eigenvalue weighted by Crippen LogP contribution is -2.34. The molecule has 1 heterocycles. The van der Waals surface area contributed by atoms with Crippen LogP contribution in [0.4, 0.5) is 21.3 Å². The second kappa shape index (κ2) is 8.28. The first-order chi connectivity index (χ1) is 13.0. The van der Waals surface area contributed by atoms with E-state index in [-0.39, 0.29) is 11.4 Å². The number of para-hydroxylation sites is 2. The van der Waals surface area contributed by atoms with Crippen molar-refractivity contribution < 1.29 is 9.72 Å². The smallest absolute Gasteiger partial charge is 0.302 e. The van der Waals surface area contributed by atoms with Crippen molar-refractivity contribution in [1.29, 1.82) is 0 Å². The van der Waals surface area contributed by atoms with E-state index >= 15 is 0 Å². The first-order valence-electron chi connectivity index (χ1n) is 8.03. The maximum absolute atomic E-state index is 12.7. The van der Waals surface area contributed by atoms with Gasteiger partial charge in [0.1, 0.15) is 5.69 Å². The fourth-order valence-electron chi connectivity index (χ4n) is 2.43. The maximum atomic E-state index is 12.7. The number of urea groups is 1. The molecule has 2 amide bonds. The molecule has 0 aliphatic rings. The van der Waals surface area contributed by atoms with E-state index in [1.165, 1.54) is 28.4 Å². The molecule has 1 N–H and O–H groups in total. The molecule has 0 atom stereocenters. The Kier molecular flexibility index (Phi) is 5.82. The predicted octanol–water partition coefficient (Wildman–Crippen LogP) is 5.54. The van der Waals surface area contributed by atoms with Crippen molar-refractivity contribution in [2.45, 2.75) is 6.92 Å². The van der Waals surface area contributed by atoms with Crippen LogP contribution >= 0.6 is 27.3 Å². The van der Waals surface area contributed by atoms with E-state index in [4.69, 9.17) is 0 Å². The fraction of sp³-hybridized carbons (Fsp3) is 0.111. The van der Waals surface area contributed by atoms with Crippen LogP contribution < -0.4 is 10.2 Å². The molecule has 0 fully saturated rings. The topological polar surface area (TPSA) is 88.4 Å². The summed E-state index contributed by atoms with van der Waals surface area (Å²) < 4.78 is 0.973. The number of carbonyl (C=O) groups excluding carboxylic acids is 1. The van der Waals surface area contributed by atoms with Gasteiger partial charge in [-0.05, 0) is 25.1 Å². The maximum Gasteiger partial charge on any atom is 0.328 e. The summed E-state index contributed by atoms with van der Waals surface area (Å²) in [6.45, 7) is 2.19. The minimum atomic E-state index is -0.527. The van der Waals surface area contributed by atoms with Gasteiger partial charge < -0.3 is 5.32 Å². The van der Waals surface area contributed by atoms with Crippen molar-refractivity contribution in [1.82, 2.24) is 4.98 Å². The van der Waals surface area contributed by atoms with Crippen LogP contribution in [0.3, 0.4) is 0 Å². The Morgan fingerprint density at radius 1 is 1.26 bits per heavy atom. The third kappa shape index (κ3) is 4.32. The van der Waals surface area contributed by atoms with Gasteiger partial charge in [0.15, 0.2) is 5.13 Å². The zero-order valence-corrected chi connectivity index (χ0v) is 16.7. The molecule has 0 unspecified atom stereocenters. The van der Waals surface area contributed by atoms with Crippen LogP contribution in [0.1, 0.15) is 6.92 Å². The SMILES string of the molecule is CCN(C(=O)Nc1ccccc1[N+](=O)[O-])c1nc(-c2ccc(Br)cc2)cs1. The summed E-state index contributed by atoms with van der Waals surface area (Å²) in [4.78, 5) is 29.2.